The highest BCUT2D eigenvalue weighted by Gasteiger charge is 2.27. The maximum absolute atomic E-state index is 6.41. The van der Waals surface area contributed by atoms with E-state index in [0.29, 0.717) is 12.0 Å². The fourth-order valence-corrected chi connectivity index (χ4v) is 3.09. The summed E-state index contributed by atoms with van der Waals surface area (Å²) in [6, 6.07) is 9.20. The fourth-order valence-electron chi connectivity index (χ4n) is 3.09. The van der Waals surface area contributed by atoms with Gasteiger partial charge in [0.1, 0.15) is 0 Å². The van der Waals surface area contributed by atoms with Crippen molar-refractivity contribution in [2.24, 2.45) is 17.6 Å². The average molecular weight is 231 g/mol. The van der Waals surface area contributed by atoms with Gasteiger partial charge >= 0.3 is 0 Å². The maximum Gasteiger partial charge on any atom is 0.00761 e. The molecule has 17 heavy (non-hydrogen) atoms. The van der Waals surface area contributed by atoms with Crippen LogP contribution < -0.4 is 5.73 Å². The van der Waals surface area contributed by atoms with E-state index in [2.05, 4.69) is 38.1 Å². The van der Waals surface area contributed by atoms with E-state index in [1.807, 2.05) is 0 Å². The summed E-state index contributed by atoms with van der Waals surface area (Å²) in [5.74, 6) is 1.49. The van der Waals surface area contributed by atoms with Gasteiger partial charge in [0.05, 0.1) is 0 Å². The normalized spacial score (nSPS) is 17.4. The molecule has 0 aromatic heterocycles. The summed E-state index contributed by atoms with van der Waals surface area (Å²) in [6.07, 6.45) is 6.12. The Labute approximate surface area is 105 Å². The van der Waals surface area contributed by atoms with Gasteiger partial charge in [-0.3, -0.25) is 0 Å². The van der Waals surface area contributed by atoms with E-state index >= 15 is 0 Å². The third-order valence-corrected chi connectivity index (χ3v) is 4.45. The number of fused-ring (bicyclic) bond motifs is 1. The molecule has 1 unspecified atom stereocenters. The zero-order valence-electron chi connectivity index (χ0n) is 11.2. The number of benzene rings is 1. The van der Waals surface area contributed by atoms with Crippen molar-refractivity contribution < 1.29 is 0 Å². The highest BCUT2D eigenvalue weighted by molar-refractivity contribution is 5.32. The van der Waals surface area contributed by atoms with Crippen molar-refractivity contribution in [1.82, 2.24) is 0 Å². The first kappa shape index (κ1) is 12.6. The molecule has 1 aliphatic rings. The molecule has 0 bridgehead atoms. The molecule has 94 valence electrons. The van der Waals surface area contributed by atoms with Crippen molar-refractivity contribution in [2.45, 2.75) is 52.0 Å². The van der Waals surface area contributed by atoms with Gasteiger partial charge in [-0.25, -0.2) is 0 Å². The van der Waals surface area contributed by atoms with Crippen LogP contribution in [0.4, 0.5) is 0 Å². The molecule has 1 aliphatic carbocycles. The Morgan fingerprint density at radius 1 is 1.12 bits per heavy atom. The first-order valence-corrected chi connectivity index (χ1v) is 7.06. The summed E-state index contributed by atoms with van der Waals surface area (Å²) in [6.45, 7) is 4.56. The largest absolute Gasteiger partial charge is 0.327 e. The van der Waals surface area contributed by atoms with E-state index in [1.165, 1.54) is 43.2 Å². The van der Waals surface area contributed by atoms with Crippen LogP contribution in [0.2, 0.25) is 0 Å². The molecule has 1 aromatic rings. The van der Waals surface area contributed by atoms with Crippen LogP contribution in [0.15, 0.2) is 24.3 Å². The molecule has 1 aromatic carbocycles. The topological polar surface area (TPSA) is 26.0 Å². The Morgan fingerprint density at radius 3 is 2.12 bits per heavy atom. The summed E-state index contributed by atoms with van der Waals surface area (Å²) in [5, 5.41) is 0. The molecule has 2 N–H and O–H groups in total. The Hall–Kier alpha value is -0.820. The van der Waals surface area contributed by atoms with Crippen molar-refractivity contribution in [1.29, 1.82) is 0 Å². The summed E-state index contributed by atoms with van der Waals surface area (Å²) in [4.78, 5) is 0. The molecule has 0 fully saturated rings. The van der Waals surface area contributed by atoms with Crippen LogP contribution in [0.3, 0.4) is 0 Å². The summed E-state index contributed by atoms with van der Waals surface area (Å²) < 4.78 is 0. The van der Waals surface area contributed by atoms with Crippen molar-refractivity contribution in [2.75, 3.05) is 0 Å². The number of rotatable bonds is 5. The smallest absolute Gasteiger partial charge is 0.00761 e. The molecular formula is C16H25N. The van der Waals surface area contributed by atoms with Crippen molar-refractivity contribution >= 4 is 0 Å². The van der Waals surface area contributed by atoms with Gasteiger partial charge in [-0.05, 0) is 42.2 Å². The second-order valence-electron chi connectivity index (χ2n) is 5.52. The quantitative estimate of drug-likeness (QED) is 0.824. The molecule has 0 heterocycles. The molecule has 2 rings (SSSR count). The maximum atomic E-state index is 6.41. The predicted molar refractivity (Wildman–Crippen MR) is 74.0 cm³/mol. The molecular weight excluding hydrogens is 206 g/mol. The molecule has 1 nitrogen and oxygen atoms in total. The second-order valence-corrected chi connectivity index (χ2v) is 5.52. The highest BCUT2D eigenvalue weighted by atomic mass is 14.7. The van der Waals surface area contributed by atoms with Gasteiger partial charge in [-0.2, -0.15) is 0 Å². The van der Waals surface area contributed by atoms with Crippen molar-refractivity contribution in [3.63, 3.8) is 0 Å². The Kier molecular flexibility index (Phi) is 4.22. The Bertz CT molecular complexity index is 329. The molecule has 0 saturated carbocycles. The Balaban J connectivity index is 1.93. The van der Waals surface area contributed by atoms with Crippen LogP contribution in [0.25, 0.3) is 0 Å². The Morgan fingerprint density at radius 2 is 1.65 bits per heavy atom. The van der Waals surface area contributed by atoms with Crippen LogP contribution in [0, 0.1) is 11.8 Å². The minimum absolute atomic E-state index is 0.382. The van der Waals surface area contributed by atoms with E-state index in [-0.39, 0.29) is 0 Å². The van der Waals surface area contributed by atoms with Gasteiger partial charge in [0.15, 0.2) is 0 Å². The summed E-state index contributed by atoms with van der Waals surface area (Å²) >= 11 is 0. The zero-order valence-corrected chi connectivity index (χ0v) is 11.2. The van der Waals surface area contributed by atoms with Crippen molar-refractivity contribution in [3.05, 3.63) is 35.4 Å². The molecule has 0 amide bonds. The number of hydrogen-bond acceptors (Lipinski definition) is 1. The van der Waals surface area contributed by atoms with Gasteiger partial charge in [-0.1, -0.05) is 51.0 Å². The first-order chi connectivity index (χ1) is 8.24. The van der Waals surface area contributed by atoms with Gasteiger partial charge in [-0.15, -0.1) is 0 Å². The second kappa shape index (κ2) is 5.68. The van der Waals surface area contributed by atoms with Crippen LogP contribution in [-0.4, -0.2) is 6.04 Å². The van der Waals surface area contributed by atoms with E-state index in [0.717, 1.165) is 5.92 Å². The van der Waals surface area contributed by atoms with E-state index in [4.69, 9.17) is 5.73 Å². The molecule has 0 saturated heterocycles. The minimum atomic E-state index is 0.382. The standard InChI is InChI=1S/C16H25N/c1-3-12(4-2)9-16(17)15-10-13-7-5-6-8-14(13)11-15/h5-8,12,15-16H,3-4,9-11,17H2,1-2H3. The summed E-state index contributed by atoms with van der Waals surface area (Å²) in [7, 11) is 0. The minimum Gasteiger partial charge on any atom is -0.327 e. The third-order valence-electron chi connectivity index (χ3n) is 4.45. The molecule has 0 radical (unpaired) electrons. The highest BCUT2D eigenvalue weighted by Crippen LogP contribution is 2.30. The SMILES string of the molecule is CCC(CC)CC(N)C1Cc2ccccc2C1. The monoisotopic (exact) mass is 231 g/mol. The van der Waals surface area contributed by atoms with Crippen LogP contribution in [0.5, 0.6) is 0 Å². The van der Waals surface area contributed by atoms with Gasteiger partial charge in [0.25, 0.3) is 0 Å². The fraction of sp³-hybridized carbons (Fsp3) is 0.625. The van der Waals surface area contributed by atoms with Gasteiger partial charge in [0.2, 0.25) is 0 Å². The van der Waals surface area contributed by atoms with Crippen molar-refractivity contribution in [3.8, 4) is 0 Å². The molecule has 0 aliphatic heterocycles. The first-order valence-electron chi connectivity index (χ1n) is 7.06. The van der Waals surface area contributed by atoms with Crippen LogP contribution in [0.1, 0.15) is 44.2 Å². The lowest BCUT2D eigenvalue weighted by Crippen LogP contribution is -2.32. The van der Waals surface area contributed by atoms with E-state index < -0.39 is 0 Å². The summed E-state index contributed by atoms with van der Waals surface area (Å²) in [5.41, 5.74) is 9.46. The van der Waals surface area contributed by atoms with Crippen LogP contribution >= 0.6 is 0 Å². The third kappa shape index (κ3) is 2.90. The molecule has 1 heteroatoms. The predicted octanol–water partition coefficient (Wildman–Crippen LogP) is 3.56. The molecule has 1 atom stereocenters. The lowest BCUT2D eigenvalue weighted by molar-refractivity contribution is 0.335. The lowest BCUT2D eigenvalue weighted by Gasteiger charge is -2.23. The van der Waals surface area contributed by atoms with Gasteiger partial charge < -0.3 is 5.73 Å². The number of nitrogens with two attached hydrogens (primary N) is 1. The lowest BCUT2D eigenvalue weighted by atomic mass is 9.87. The van der Waals surface area contributed by atoms with Crippen LogP contribution in [-0.2, 0) is 12.8 Å². The van der Waals surface area contributed by atoms with Gasteiger partial charge in [0, 0.05) is 6.04 Å². The van der Waals surface area contributed by atoms with E-state index in [1.54, 1.807) is 0 Å². The average Bonchev–Trinajstić information content (AvgIpc) is 2.79. The molecule has 0 spiro atoms. The number of hydrogen-bond donors (Lipinski definition) is 1. The van der Waals surface area contributed by atoms with E-state index in [9.17, 15) is 0 Å². The zero-order chi connectivity index (χ0) is 12.3.